The minimum Gasteiger partial charge on any atom is -0.284 e. The maximum absolute atomic E-state index is 13.1. The first kappa shape index (κ1) is 23.3. The Balaban J connectivity index is 1.65. The summed E-state index contributed by atoms with van der Waals surface area (Å²) in [7, 11) is -3.40. The molecule has 4 rings (SSSR count). The lowest BCUT2D eigenvalue weighted by Crippen LogP contribution is -2.47. The molecule has 0 aliphatic carbocycles. The van der Waals surface area contributed by atoms with E-state index in [0.29, 0.717) is 17.8 Å². The van der Waals surface area contributed by atoms with Gasteiger partial charge in [0.15, 0.2) is 0 Å². The van der Waals surface area contributed by atoms with Crippen molar-refractivity contribution in [2.24, 2.45) is 5.10 Å². The van der Waals surface area contributed by atoms with E-state index < -0.39 is 10.0 Å². The van der Waals surface area contributed by atoms with Gasteiger partial charge in [-0.05, 0) is 56.0 Å². The second kappa shape index (κ2) is 9.52. The van der Waals surface area contributed by atoms with Crippen LogP contribution in [0.25, 0.3) is 0 Å². The SMILES string of the molecule is Cc1ccc(N2N=C(C(=O)NN3CCCCC3)CC2c2cccc(NS(C)(=O)=O)c2)c(C)c1. The van der Waals surface area contributed by atoms with E-state index >= 15 is 0 Å². The molecular weight excluding hydrogens is 438 g/mol. The zero-order valence-corrected chi connectivity index (χ0v) is 20.2. The summed E-state index contributed by atoms with van der Waals surface area (Å²) in [6, 6.07) is 13.2. The Hall–Kier alpha value is -2.91. The van der Waals surface area contributed by atoms with Crippen LogP contribution >= 0.6 is 0 Å². The van der Waals surface area contributed by atoms with Crippen LogP contribution in [0.2, 0.25) is 0 Å². The number of carbonyl (C=O) groups excluding carboxylic acids is 1. The van der Waals surface area contributed by atoms with E-state index in [2.05, 4.69) is 16.2 Å². The minimum atomic E-state index is -3.40. The van der Waals surface area contributed by atoms with Crippen LogP contribution in [-0.4, -0.2) is 44.4 Å². The molecule has 1 amide bonds. The standard InChI is InChI=1S/C24H31N5O3S/c1-17-10-11-22(18(2)14-17)29-23(19-8-7-9-20(15-19)27-33(3,31)32)16-21(25-29)24(30)26-28-12-5-4-6-13-28/h7-11,14-15,23,27H,4-6,12-13,16H2,1-3H3,(H,26,30). The highest BCUT2D eigenvalue weighted by atomic mass is 32.2. The largest absolute Gasteiger partial charge is 0.284 e. The molecule has 2 aromatic carbocycles. The molecule has 2 aliphatic rings. The Morgan fingerprint density at radius 2 is 1.82 bits per heavy atom. The van der Waals surface area contributed by atoms with Crippen molar-refractivity contribution >= 4 is 33.0 Å². The first-order valence-corrected chi connectivity index (χ1v) is 13.2. The summed E-state index contributed by atoms with van der Waals surface area (Å²) < 4.78 is 26.0. The predicted molar refractivity (Wildman–Crippen MR) is 132 cm³/mol. The number of rotatable bonds is 6. The van der Waals surface area contributed by atoms with Gasteiger partial charge in [-0.3, -0.25) is 20.0 Å². The predicted octanol–water partition coefficient (Wildman–Crippen LogP) is 3.50. The van der Waals surface area contributed by atoms with E-state index in [1.54, 1.807) is 6.07 Å². The molecule has 2 N–H and O–H groups in total. The lowest BCUT2D eigenvalue weighted by atomic mass is 10.00. The van der Waals surface area contributed by atoms with Crippen molar-refractivity contribution in [3.8, 4) is 0 Å². The average molecular weight is 470 g/mol. The number of amides is 1. The molecule has 2 aromatic rings. The van der Waals surface area contributed by atoms with Crippen LogP contribution in [0.5, 0.6) is 0 Å². The van der Waals surface area contributed by atoms with Crippen molar-refractivity contribution in [2.75, 3.05) is 29.1 Å². The number of anilines is 2. The second-order valence-electron chi connectivity index (χ2n) is 8.89. The van der Waals surface area contributed by atoms with Gasteiger partial charge < -0.3 is 0 Å². The lowest BCUT2D eigenvalue weighted by Gasteiger charge is -2.26. The van der Waals surface area contributed by atoms with Gasteiger partial charge in [0.25, 0.3) is 5.91 Å². The summed E-state index contributed by atoms with van der Waals surface area (Å²) in [5.41, 5.74) is 7.99. The van der Waals surface area contributed by atoms with E-state index in [9.17, 15) is 13.2 Å². The van der Waals surface area contributed by atoms with Crippen LogP contribution in [0.3, 0.4) is 0 Å². The zero-order chi connectivity index (χ0) is 23.6. The van der Waals surface area contributed by atoms with Crippen molar-refractivity contribution in [1.82, 2.24) is 10.4 Å². The van der Waals surface area contributed by atoms with Crippen molar-refractivity contribution in [1.29, 1.82) is 0 Å². The summed E-state index contributed by atoms with van der Waals surface area (Å²) in [6.45, 7) is 5.77. The first-order valence-electron chi connectivity index (χ1n) is 11.3. The zero-order valence-electron chi connectivity index (χ0n) is 19.3. The number of benzene rings is 2. The number of hydrazone groups is 1. The molecule has 33 heavy (non-hydrogen) atoms. The average Bonchev–Trinajstić information content (AvgIpc) is 3.19. The van der Waals surface area contributed by atoms with Crippen molar-refractivity contribution in [3.05, 3.63) is 59.2 Å². The third-order valence-electron chi connectivity index (χ3n) is 5.96. The molecule has 0 saturated carbocycles. The number of hydrogen-bond acceptors (Lipinski definition) is 6. The first-order chi connectivity index (χ1) is 15.7. The molecule has 9 heteroatoms. The number of sulfonamides is 1. The summed E-state index contributed by atoms with van der Waals surface area (Å²) in [5, 5.41) is 8.61. The monoisotopic (exact) mass is 469 g/mol. The third kappa shape index (κ3) is 5.72. The van der Waals surface area contributed by atoms with Gasteiger partial charge in [0.1, 0.15) is 5.71 Å². The van der Waals surface area contributed by atoms with Gasteiger partial charge in [-0.2, -0.15) is 5.10 Å². The Morgan fingerprint density at radius 1 is 1.06 bits per heavy atom. The summed E-state index contributed by atoms with van der Waals surface area (Å²) in [6.07, 6.45) is 4.89. The topological polar surface area (TPSA) is 94.1 Å². The fourth-order valence-corrected chi connectivity index (χ4v) is 4.98. The van der Waals surface area contributed by atoms with Gasteiger partial charge >= 0.3 is 0 Å². The van der Waals surface area contributed by atoms with Crippen LogP contribution < -0.4 is 15.2 Å². The van der Waals surface area contributed by atoms with Crippen LogP contribution in [-0.2, 0) is 14.8 Å². The van der Waals surface area contributed by atoms with Gasteiger partial charge in [-0.15, -0.1) is 0 Å². The highest BCUT2D eigenvalue weighted by molar-refractivity contribution is 7.92. The van der Waals surface area contributed by atoms with Gasteiger partial charge in [0, 0.05) is 25.2 Å². The molecular formula is C24H31N5O3S. The lowest BCUT2D eigenvalue weighted by molar-refractivity contribution is -0.119. The van der Waals surface area contributed by atoms with Gasteiger partial charge in [-0.25, -0.2) is 13.4 Å². The van der Waals surface area contributed by atoms with Crippen LogP contribution in [0.1, 0.15) is 48.4 Å². The van der Waals surface area contributed by atoms with E-state index in [1.807, 2.05) is 54.2 Å². The second-order valence-corrected chi connectivity index (χ2v) is 10.6. The van der Waals surface area contributed by atoms with Crippen LogP contribution in [0.15, 0.2) is 47.6 Å². The number of hydrazine groups is 1. The van der Waals surface area contributed by atoms with E-state index in [0.717, 1.165) is 54.6 Å². The van der Waals surface area contributed by atoms with E-state index in [4.69, 9.17) is 5.10 Å². The number of aryl methyl sites for hydroxylation is 2. The fourth-order valence-electron chi connectivity index (χ4n) is 4.43. The molecule has 8 nitrogen and oxygen atoms in total. The summed E-state index contributed by atoms with van der Waals surface area (Å²) in [4.78, 5) is 13.1. The Bertz CT molecular complexity index is 1170. The van der Waals surface area contributed by atoms with E-state index in [-0.39, 0.29) is 11.9 Å². The van der Waals surface area contributed by atoms with Crippen LogP contribution in [0.4, 0.5) is 11.4 Å². The van der Waals surface area contributed by atoms with Crippen molar-refractivity contribution in [3.63, 3.8) is 0 Å². The Labute approximate surface area is 195 Å². The highest BCUT2D eigenvalue weighted by Gasteiger charge is 2.34. The molecule has 0 aromatic heterocycles. The molecule has 0 bridgehead atoms. The molecule has 1 unspecified atom stereocenters. The molecule has 0 spiro atoms. The molecule has 2 heterocycles. The van der Waals surface area contributed by atoms with Crippen molar-refractivity contribution < 1.29 is 13.2 Å². The minimum absolute atomic E-state index is 0.181. The number of nitrogens with one attached hydrogen (secondary N) is 2. The molecule has 176 valence electrons. The maximum atomic E-state index is 13.1. The highest BCUT2D eigenvalue weighted by Crippen LogP contribution is 2.38. The van der Waals surface area contributed by atoms with Crippen LogP contribution in [0, 0.1) is 13.8 Å². The number of hydrogen-bond donors (Lipinski definition) is 2. The molecule has 1 fully saturated rings. The van der Waals surface area contributed by atoms with Gasteiger partial charge in [0.2, 0.25) is 10.0 Å². The number of piperidine rings is 1. The Morgan fingerprint density at radius 3 is 2.52 bits per heavy atom. The maximum Gasteiger partial charge on any atom is 0.281 e. The Kier molecular flexibility index (Phi) is 6.71. The molecule has 2 aliphatic heterocycles. The van der Waals surface area contributed by atoms with Crippen molar-refractivity contribution in [2.45, 2.75) is 45.6 Å². The normalized spacial score (nSPS) is 19.3. The quantitative estimate of drug-likeness (QED) is 0.675. The number of carbonyl (C=O) groups is 1. The molecule has 1 saturated heterocycles. The fraction of sp³-hybridized carbons (Fsp3) is 0.417. The third-order valence-corrected chi connectivity index (χ3v) is 6.57. The molecule has 0 radical (unpaired) electrons. The number of nitrogens with zero attached hydrogens (tertiary/aromatic N) is 3. The smallest absolute Gasteiger partial charge is 0.281 e. The van der Waals surface area contributed by atoms with Gasteiger partial charge in [-0.1, -0.05) is 36.2 Å². The van der Waals surface area contributed by atoms with E-state index in [1.165, 1.54) is 6.42 Å². The summed E-state index contributed by atoms with van der Waals surface area (Å²) >= 11 is 0. The summed E-state index contributed by atoms with van der Waals surface area (Å²) in [5.74, 6) is -0.181. The van der Waals surface area contributed by atoms with Gasteiger partial charge in [0.05, 0.1) is 18.0 Å². The molecule has 1 atom stereocenters.